The highest BCUT2D eigenvalue weighted by atomic mass is 35.5. The van der Waals surface area contributed by atoms with E-state index in [1.807, 2.05) is 75.4 Å². The van der Waals surface area contributed by atoms with E-state index < -0.39 is 28.5 Å². The van der Waals surface area contributed by atoms with Crippen molar-refractivity contribution in [1.82, 2.24) is 10.2 Å². The Morgan fingerprint density at radius 1 is 0.950 bits per heavy atom. The molecule has 0 spiro atoms. The first-order chi connectivity index (χ1) is 18.9. The molecule has 7 nitrogen and oxygen atoms in total. The van der Waals surface area contributed by atoms with Crippen molar-refractivity contribution >= 4 is 50.7 Å². The standard InChI is InChI=1S/C30H35Cl2N3O4S/c1-5-22(3)33-30(37)28(17-23-9-7-6-8-10-23)34(19-24-13-11-21(2)12-14-24)29(36)20-35(40(4,38)39)27-16-15-25(31)18-26(27)32/h6-16,18,22,28H,5,17,19-20H2,1-4H3,(H,33,37)/t22-,28+/m1/s1. The molecule has 2 amide bonds. The molecule has 3 aromatic rings. The number of halogens is 2. The van der Waals surface area contributed by atoms with Crippen molar-refractivity contribution in [3.63, 3.8) is 0 Å². The monoisotopic (exact) mass is 603 g/mol. The second kappa shape index (κ2) is 14.0. The number of carbonyl (C=O) groups is 2. The van der Waals surface area contributed by atoms with Gasteiger partial charge in [0.15, 0.2) is 0 Å². The molecule has 0 aliphatic rings. The minimum Gasteiger partial charge on any atom is -0.352 e. The summed E-state index contributed by atoms with van der Waals surface area (Å²) in [6.07, 6.45) is 1.97. The van der Waals surface area contributed by atoms with E-state index in [0.29, 0.717) is 11.4 Å². The van der Waals surface area contributed by atoms with Crippen molar-refractivity contribution in [1.29, 1.82) is 0 Å². The molecule has 0 unspecified atom stereocenters. The molecule has 2 atom stereocenters. The summed E-state index contributed by atoms with van der Waals surface area (Å²) in [4.78, 5) is 29.2. The number of hydrogen-bond donors (Lipinski definition) is 1. The topological polar surface area (TPSA) is 86.8 Å². The van der Waals surface area contributed by atoms with Crippen molar-refractivity contribution in [2.75, 3.05) is 17.1 Å². The highest BCUT2D eigenvalue weighted by molar-refractivity contribution is 7.92. The summed E-state index contributed by atoms with van der Waals surface area (Å²) < 4.78 is 26.7. The summed E-state index contributed by atoms with van der Waals surface area (Å²) in [5, 5.41) is 3.43. The van der Waals surface area contributed by atoms with Crippen LogP contribution in [0.2, 0.25) is 10.0 Å². The minimum absolute atomic E-state index is 0.0890. The van der Waals surface area contributed by atoms with Crippen LogP contribution in [0, 0.1) is 6.92 Å². The van der Waals surface area contributed by atoms with E-state index in [9.17, 15) is 18.0 Å². The zero-order valence-corrected chi connectivity index (χ0v) is 25.4. The van der Waals surface area contributed by atoms with Crippen molar-refractivity contribution in [2.24, 2.45) is 0 Å². The number of anilines is 1. The third-order valence-corrected chi connectivity index (χ3v) is 8.27. The lowest BCUT2D eigenvalue weighted by Crippen LogP contribution is -2.54. The van der Waals surface area contributed by atoms with Crippen LogP contribution in [0.5, 0.6) is 0 Å². The highest BCUT2D eigenvalue weighted by Gasteiger charge is 2.33. The molecule has 3 rings (SSSR count). The highest BCUT2D eigenvalue weighted by Crippen LogP contribution is 2.30. The van der Waals surface area contributed by atoms with Gasteiger partial charge >= 0.3 is 0 Å². The number of aryl methyl sites for hydroxylation is 1. The Morgan fingerprint density at radius 2 is 1.60 bits per heavy atom. The lowest BCUT2D eigenvalue weighted by atomic mass is 10.0. The molecule has 0 aliphatic heterocycles. The van der Waals surface area contributed by atoms with E-state index in [1.54, 1.807) is 0 Å². The normalized spacial score (nSPS) is 12.8. The van der Waals surface area contributed by atoms with Gasteiger partial charge in [0.1, 0.15) is 12.6 Å². The molecule has 0 radical (unpaired) electrons. The van der Waals surface area contributed by atoms with Gasteiger partial charge in [0, 0.05) is 24.0 Å². The number of rotatable bonds is 12. The molecule has 0 saturated carbocycles. The summed E-state index contributed by atoms with van der Waals surface area (Å²) in [6, 6.07) is 20.5. The Bertz CT molecular complexity index is 1420. The Kier molecular flexibility index (Phi) is 11.0. The Hall–Kier alpha value is -3.07. The van der Waals surface area contributed by atoms with Crippen LogP contribution in [0.3, 0.4) is 0 Å². The number of carbonyl (C=O) groups excluding carboxylic acids is 2. The quantitative estimate of drug-likeness (QED) is 0.291. The predicted molar refractivity (Wildman–Crippen MR) is 162 cm³/mol. The molecular formula is C30H35Cl2N3O4S. The van der Waals surface area contributed by atoms with Gasteiger partial charge in [-0.25, -0.2) is 8.42 Å². The van der Waals surface area contributed by atoms with Gasteiger partial charge in [-0.1, -0.05) is 90.3 Å². The molecule has 0 bridgehead atoms. The van der Waals surface area contributed by atoms with Crippen LogP contribution in [0.4, 0.5) is 5.69 Å². The van der Waals surface area contributed by atoms with Crippen LogP contribution in [-0.2, 0) is 32.6 Å². The van der Waals surface area contributed by atoms with Gasteiger partial charge in [0.2, 0.25) is 21.8 Å². The number of sulfonamides is 1. The Balaban J connectivity index is 2.07. The number of nitrogens with zero attached hydrogens (tertiary/aromatic N) is 2. The fourth-order valence-electron chi connectivity index (χ4n) is 4.16. The van der Waals surface area contributed by atoms with Crippen LogP contribution in [0.1, 0.15) is 37.0 Å². The van der Waals surface area contributed by atoms with E-state index in [-0.39, 0.29) is 35.6 Å². The van der Waals surface area contributed by atoms with Gasteiger partial charge < -0.3 is 10.2 Å². The molecule has 0 aromatic heterocycles. The fourth-order valence-corrected chi connectivity index (χ4v) is 5.59. The van der Waals surface area contributed by atoms with Crippen molar-refractivity contribution in [2.45, 2.75) is 52.2 Å². The van der Waals surface area contributed by atoms with E-state index in [4.69, 9.17) is 23.2 Å². The molecule has 40 heavy (non-hydrogen) atoms. The summed E-state index contributed by atoms with van der Waals surface area (Å²) >= 11 is 12.4. The van der Waals surface area contributed by atoms with Gasteiger partial charge in [-0.05, 0) is 49.6 Å². The predicted octanol–water partition coefficient (Wildman–Crippen LogP) is 5.62. The smallest absolute Gasteiger partial charge is 0.244 e. The van der Waals surface area contributed by atoms with Crippen molar-refractivity contribution < 1.29 is 18.0 Å². The molecule has 10 heteroatoms. The zero-order valence-electron chi connectivity index (χ0n) is 23.1. The fraction of sp³-hybridized carbons (Fsp3) is 0.333. The van der Waals surface area contributed by atoms with Crippen LogP contribution >= 0.6 is 23.2 Å². The number of benzene rings is 3. The summed E-state index contributed by atoms with van der Waals surface area (Å²) in [5.74, 6) is -0.855. The molecule has 0 aliphatic carbocycles. The van der Waals surface area contributed by atoms with Gasteiger partial charge in [-0.3, -0.25) is 13.9 Å². The van der Waals surface area contributed by atoms with Crippen molar-refractivity contribution in [3.8, 4) is 0 Å². The first-order valence-electron chi connectivity index (χ1n) is 13.0. The van der Waals surface area contributed by atoms with Gasteiger partial charge in [-0.15, -0.1) is 0 Å². The molecule has 214 valence electrons. The van der Waals surface area contributed by atoms with Crippen LogP contribution in [-0.4, -0.2) is 50.0 Å². The minimum atomic E-state index is -3.93. The van der Waals surface area contributed by atoms with E-state index in [1.165, 1.54) is 23.1 Å². The number of nitrogens with one attached hydrogen (secondary N) is 1. The molecule has 0 fully saturated rings. The van der Waals surface area contributed by atoms with Crippen LogP contribution in [0.25, 0.3) is 0 Å². The third kappa shape index (κ3) is 8.71. The Labute approximate surface area is 247 Å². The molecule has 1 N–H and O–H groups in total. The summed E-state index contributed by atoms with van der Waals surface area (Å²) in [5.41, 5.74) is 2.86. The number of amides is 2. The molecule has 3 aromatic carbocycles. The molecular weight excluding hydrogens is 569 g/mol. The van der Waals surface area contributed by atoms with E-state index >= 15 is 0 Å². The summed E-state index contributed by atoms with van der Waals surface area (Å²) in [6.45, 7) is 5.39. The SMILES string of the molecule is CC[C@@H](C)NC(=O)[C@H](Cc1ccccc1)N(Cc1ccc(C)cc1)C(=O)CN(c1ccc(Cl)cc1Cl)S(C)(=O)=O. The third-order valence-electron chi connectivity index (χ3n) is 6.60. The second-order valence-corrected chi connectivity index (χ2v) is 12.6. The van der Waals surface area contributed by atoms with Crippen LogP contribution in [0.15, 0.2) is 72.8 Å². The van der Waals surface area contributed by atoms with E-state index in [2.05, 4.69) is 5.32 Å². The first kappa shape index (κ1) is 31.5. The van der Waals surface area contributed by atoms with Gasteiger partial charge in [0.25, 0.3) is 0 Å². The maximum atomic E-state index is 14.1. The van der Waals surface area contributed by atoms with Crippen molar-refractivity contribution in [3.05, 3.63) is 99.5 Å². The maximum absolute atomic E-state index is 14.1. The molecule has 0 saturated heterocycles. The van der Waals surface area contributed by atoms with Gasteiger partial charge in [-0.2, -0.15) is 0 Å². The lowest BCUT2D eigenvalue weighted by Gasteiger charge is -2.34. The second-order valence-electron chi connectivity index (χ2n) is 9.90. The Morgan fingerprint density at radius 3 is 2.17 bits per heavy atom. The maximum Gasteiger partial charge on any atom is 0.244 e. The van der Waals surface area contributed by atoms with Gasteiger partial charge in [0.05, 0.1) is 17.0 Å². The zero-order chi connectivity index (χ0) is 29.4. The van der Waals surface area contributed by atoms with Crippen LogP contribution < -0.4 is 9.62 Å². The average Bonchev–Trinajstić information content (AvgIpc) is 2.90. The van der Waals surface area contributed by atoms with E-state index in [0.717, 1.165) is 27.3 Å². The largest absolute Gasteiger partial charge is 0.352 e. The average molecular weight is 605 g/mol. The molecule has 0 heterocycles. The number of hydrogen-bond acceptors (Lipinski definition) is 4. The first-order valence-corrected chi connectivity index (χ1v) is 15.6. The summed E-state index contributed by atoms with van der Waals surface area (Å²) in [7, 11) is -3.93. The lowest BCUT2D eigenvalue weighted by molar-refractivity contribution is -0.140.